The van der Waals surface area contributed by atoms with Crippen LogP contribution in [-0.2, 0) is 14.3 Å². The maximum atomic E-state index is 12.3. The number of nitrogens with zero attached hydrogens (tertiary/aromatic N) is 1. The van der Waals surface area contributed by atoms with Gasteiger partial charge in [-0.3, -0.25) is 9.59 Å². The summed E-state index contributed by atoms with van der Waals surface area (Å²) in [7, 11) is 0. The summed E-state index contributed by atoms with van der Waals surface area (Å²) >= 11 is 3.46. The largest absolute Gasteiger partial charge is 0.466 e. The van der Waals surface area contributed by atoms with Gasteiger partial charge in [-0.25, -0.2) is 0 Å². The van der Waals surface area contributed by atoms with Crippen LogP contribution < -0.4 is 0 Å². The third-order valence-electron chi connectivity index (χ3n) is 3.43. The van der Waals surface area contributed by atoms with Crippen molar-refractivity contribution in [2.24, 2.45) is 5.92 Å². The van der Waals surface area contributed by atoms with Crippen molar-refractivity contribution in [3.63, 3.8) is 0 Å². The van der Waals surface area contributed by atoms with Gasteiger partial charge in [0, 0.05) is 13.1 Å². The van der Waals surface area contributed by atoms with Crippen molar-refractivity contribution in [3.8, 4) is 0 Å². The smallest absolute Gasteiger partial charge is 0.310 e. The molecule has 0 radical (unpaired) electrons. The Labute approximate surface area is 124 Å². The molecule has 0 aliphatic carbocycles. The average Bonchev–Trinajstić information content (AvgIpc) is 2.44. The number of rotatable bonds is 6. The normalized spacial score (nSPS) is 21.0. The average molecular weight is 334 g/mol. The molecule has 0 N–H and O–H groups in total. The maximum Gasteiger partial charge on any atom is 0.310 e. The van der Waals surface area contributed by atoms with Crippen molar-refractivity contribution in [1.82, 2.24) is 4.90 Å². The van der Waals surface area contributed by atoms with Crippen LogP contribution in [0.25, 0.3) is 0 Å². The Morgan fingerprint density at radius 3 is 2.79 bits per heavy atom. The number of carbonyl (C=O) groups is 2. The molecule has 0 aromatic rings. The highest BCUT2D eigenvalue weighted by Gasteiger charge is 2.31. The molecule has 0 aromatic carbocycles. The molecule has 0 bridgehead atoms. The van der Waals surface area contributed by atoms with Gasteiger partial charge < -0.3 is 9.64 Å². The fourth-order valence-corrected chi connectivity index (χ4v) is 2.95. The number of alkyl halides is 1. The van der Waals surface area contributed by atoms with E-state index in [0.29, 0.717) is 13.2 Å². The molecule has 1 aliphatic heterocycles. The van der Waals surface area contributed by atoms with Crippen molar-refractivity contribution in [2.75, 3.05) is 19.7 Å². The number of amides is 1. The second-order valence-electron chi connectivity index (χ2n) is 4.99. The van der Waals surface area contributed by atoms with E-state index in [1.807, 2.05) is 6.92 Å². The van der Waals surface area contributed by atoms with Crippen LogP contribution in [0.5, 0.6) is 0 Å². The van der Waals surface area contributed by atoms with Crippen LogP contribution >= 0.6 is 15.9 Å². The van der Waals surface area contributed by atoms with E-state index in [0.717, 1.165) is 38.6 Å². The van der Waals surface area contributed by atoms with Crippen LogP contribution in [0.15, 0.2) is 0 Å². The van der Waals surface area contributed by atoms with Crippen LogP contribution in [0.4, 0.5) is 0 Å². The molecule has 1 amide bonds. The minimum Gasteiger partial charge on any atom is -0.466 e. The molecule has 1 heterocycles. The lowest BCUT2D eigenvalue weighted by Crippen LogP contribution is -2.45. The Kier molecular flexibility index (Phi) is 7.42. The second kappa shape index (κ2) is 8.56. The van der Waals surface area contributed by atoms with Gasteiger partial charge in [0.15, 0.2) is 0 Å². The van der Waals surface area contributed by atoms with Crippen LogP contribution in [0, 0.1) is 5.92 Å². The van der Waals surface area contributed by atoms with E-state index in [4.69, 9.17) is 4.74 Å². The third kappa shape index (κ3) is 5.13. The van der Waals surface area contributed by atoms with Gasteiger partial charge in [-0.15, -0.1) is 0 Å². The van der Waals surface area contributed by atoms with Gasteiger partial charge in [0.1, 0.15) is 0 Å². The predicted octanol–water partition coefficient (Wildman–Crippen LogP) is 2.74. The lowest BCUT2D eigenvalue weighted by molar-refractivity contribution is -0.151. The number of hydrogen-bond acceptors (Lipinski definition) is 3. The zero-order valence-corrected chi connectivity index (χ0v) is 13.4. The molecule has 19 heavy (non-hydrogen) atoms. The van der Waals surface area contributed by atoms with Gasteiger partial charge in [0.2, 0.25) is 5.91 Å². The Bertz CT molecular complexity index is 309. The maximum absolute atomic E-state index is 12.3. The molecule has 0 spiro atoms. The molecule has 110 valence electrons. The highest BCUT2D eigenvalue weighted by molar-refractivity contribution is 9.10. The predicted molar refractivity (Wildman–Crippen MR) is 78.2 cm³/mol. The standard InChI is InChI=1S/C14H24BrNO3/c1-3-5-8-12(15)13(17)16-9-6-7-11(10-16)14(18)19-4-2/h11-12H,3-10H2,1-2H3. The first-order chi connectivity index (χ1) is 9.10. The summed E-state index contributed by atoms with van der Waals surface area (Å²) < 4.78 is 5.05. The summed E-state index contributed by atoms with van der Waals surface area (Å²) in [5.41, 5.74) is 0. The molecule has 1 fully saturated rings. The van der Waals surface area contributed by atoms with Crippen LogP contribution in [0.1, 0.15) is 46.0 Å². The number of carbonyl (C=O) groups excluding carboxylic acids is 2. The SMILES string of the molecule is CCCCC(Br)C(=O)N1CCCC(C(=O)OCC)C1. The Morgan fingerprint density at radius 1 is 1.42 bits per heavy atom. The highest BCUT2D eigenvalue weighted by Crippen LogP contribution is 2.21. The molecule has 5 heteroatoms. The first kappa shape index (κ1) is 16.5. The van der Waals surface area contributed by atoms with Gasteiger partial charge in [0.25, 0.3) is 0 Å². The van der Waals surface area contributed by atoms with Crippen molar-refractivity contribution < 1.29 is 14.3 Å². The summed E-state index contributed by atoms with van der Waals surface area (Å²) in [6, 6.07) is 0. The van der Waals surface area contributed by atoms with Crippen LogP contribution in [-0.4, -0.2) is 41.3 Å². The molecule has 0 aromatic heterocycles. The van der Waals surface area contributed by atoms with Gasteiger partial charge in [-0.05, 0) is 26.2 Å². The van der Waals surface area contributed by atoms with E-state index in [2.05, 4.69) is 22.9 Å². The molecular formula is C14H24BrNO3. The van der Waals surface area contributed by atoms with Crippen molar-refractivity contribution >= 4 is 27.8 Å². The van der Waals surface area contributed by atoms with Crippen molar-refractivity contribution in [1.29, 1.82) is 0 Å². The summed E-state index contributed by atoms with van der Waals surface area (Å²) in [4.78, 5) is 25.7. The molecule has 1 rings (SSSR count). The molecule has 1 saturated heterocycles. The highest BCUT2D eigenvalue weighted by atomic mass is 79.9. The van der Waals surface area contributed by atoms with Crippen molar-refractivity contribution in [3.05, 3.63) is 0 Å². The monoisotopic (exact) mass is 333 g/mol. The molecule has 4 nitrogen and oxygen atoms in total. The molecule has 1 aliphatic rings. The summed E-state index contributed by atoms with van der Waals surface area (Å²) in [5, 5.41) is 0. The van der Waals surface area contributed by atoms with Gasteiger partial charge in [0.05, 0.1) is 17.4 Å². The van der Waals surface area contributed by atoms with E-state index in [9.17, 15) is 9.59 Å². The van der Waals surface area contributed by atoms with Gasteiger partial charge in [-0.2, -0.15) is 0 Å². The zero-order chi connectivity index (χ0) is 14.3. The number of piperidine rings is 1. The molecule has 2 unspecified atom stereocenters. The first-order valence-electron chi connectivity index (χ1n) is 7.19. The summed E-state index contributed by atoms with van der Waals surface area (Å²) in [5.74, 6) is -0.203. The fraction of sp³-hybridized carbons (Fsp3) is 0.857. The molecule has 2 atom stereocenters. The number of unbranched alkanes of at least 4 members (excludes halogenated alkanes) is 1. The van der Waals surface area contributed by atoms with E-state index in [-0.39, 0.29) is 22.6 Å². The fourth-order valence-electron chi connectivity index (χ4n) is 2.33. The number of esters is 1. The minimum atomic E-state index is -0.167. The first-order valence-corrected chi connectivity index (χ1v) is 8.11. The van der Waals surface area contributed by atoms with Crippen LogP contribution in [0.2, 0.25) is 0 Å². The summed E-state index contributed by atoms with van der Waals surface area (Å²) in [6.45, 7) is 5.58. The second-order valence-corrected chi connectivity index (χ2v) is 6.09. The van der Waals surface area contributed by atoms with Crippen molar-refractivity contribution in [2.45, 2.75) is 50.8 Å². The van der Waals surface area contributed by atoms with E-state index in [1.165, 1.54) is 0 Å². The Hall–Kier alpha value is -0.580. The Morgan fingerprint density at radius 2 is 2.16 bits per heavy atom. The lowest BCUT2D eigenvalue weighted by Gasteiger charge is -2.32. The van der Waals surface area contributed by atoms with E-state index < -0.39 is 0 Å². The van der Waals surface area contributed by atoms with Gasteiger partial charge in [-0.1, -0.05) is 35.7 Å². The number of likely N-dealkylation sites (tertiary alicyclic amines) is 1. The topological polar surface area (TPSA) is 46.6 Å². The Balaban J connectivity index is 2.49. The van der Waals surface area contributed by atoms with E-state index in [1.54, 1.807) is 4.90 Å². The van der Waals surface area contributed by atoms with Gasteiger partial charge >= 0.3 is 5.97 Å². The number of hydrogen-bond donors (Lipinski definition) is 0. The van der Waals surface area contributed by atoms with Crippen LogP contribution in [0.3, 0.4) is 0 Å². The molecule has 0 saturated carbocycles. The quantitative estimate of drug-likeness (QED) is 0.554. The molecular weight excluding hydrogens is 310 g/mol. The number of halogens is 1. The zero-order valence-electron chi connectivity index (χ0n) is 11.9. The summed E-state index contributed by atoms with van der Waals surface area (Å²) in [6.07, 6.45) is 4.68. The number of ether oxygens (including phenoxy) is 1. The lowest BCUT2D eigenvalue weighted by atomic mass is 9.97. The minimum absolute atomic E-state index is 0.113. The third-order valence-corrected chi connectivity index (χ3v) is 4.28. The van der Waals surface area contributed by atoms with E-state index >= 15 is 0 Å².